The molecule has 2 N–H and O–H groups in total. The fourth-order valence-electron chi connectivity index (χ4n) is 4.71. The van der Waals surface area contributed by atoms with Crippen LogP contribution in [0.5, 0.6) is 0 Å². The molecule has 0 aliphatic heterocycles. The maximum absolute atomic E-state index is 13.8. The summed E-state index contributed by atoms with van der Waals surface area (Å²) in [4.78, 5) is 27.7. The summed E-state index contributed by atoms with van der Waals surface area (Å²) in [5.41, 5.74) is -0.428. The Kier molecular flexibility index (Phi) is 12.1. The molecule has 1 unspecified atom stereocenters. The molecule has 39 heavy (non-hydrogen) atoms. The first-order valence-electron chi connectivity index (χ1n) is 13.4. The number of carbonyl (C=O) groups is 1. The van der Waals surface area contributed by atoms with Gasteiger partial charge in [0.2, 0.25) is 5.91 Å². The van der Waals surface area contributed by atoms with E-state index in [1.165, 1.54) is 25.3 Å². The second-order valence-electron chi connectivity index (χ2n) is 10.2. The molecule has 11 heteroatoms. The third kappa shape index (κ3) is 10.3. The van der Waals surface area contributed by atoms with Crippen LogP contribution >= 0.6 is 0 Å². The minimum absolute atomic E-state index is 0.0450. The summed E-state index contributed by atoms with van der Waals surface area (Å²) >= 11 is 0. The highest BCUT2D eigenvalue weighted by Crippen LogP contribution is 2.36. The van der Waals surface area contributed by atoms with E-state index in [2.05, 4.69) is 27.1 Å². The number of rotatable bonds is 8. The van der Waals surface area contributed by atoms with Crippen LogP contribution in [0, 0.1) is 0 Å². The third-order valence-corrected chi connectivity index (χ3v) is 6.65. The molecule has 1 heterocycles. The lowest BCUT2D eigenvalue weighted by Crippen LogP contribution is -2.33. The minimum Gasteiger partial charge on any atom is -0.368 e. The maximum atomic E-state index is 13.8. The number of hydrogen-bond acceptors (Lipinski definition) is 5. The highest BCUT2D eigenvalue weighted by atomic mass is 19.3. The number of H-pyrrole nitrogens is 1. The number of nitrogens with zero attached hydrogens (tertiary/aromatic N) is 2. The first-order valence-corrected chi connectivity index (χ1v) is 13.4. The van der Waals surface area contributed by atoms with Crippen LogP contribution < -0.4 is 10.9 Å². The smallest absolute Gasteiger partial charge is 0.276 e. The molecule has 0 saturated heterocycles. The van der Waals surface area contributed by atoms with Gasteiger partial charge in [-0.25, -0.2) is 22.7 Å². The number of aliphatic imine (C=N–C) groups is 1. The Balaban J connectivity index is 0.000000377. The molecule has 1 fully saturated rings. The summed E-state index contributed by atoms with van der Waals surface area (Å²) < 4.78 is 58.6. The monoisotopic (exact) mass is 556 g/mol. The zero-order valence-electron chi connectivity index (χ0n) is 23.2. The van der Waals surface area contributed by atoms with Gasteiger partial charge < -0.3 is 10.1 Å². The number of nitrogens with one attached hydrogen (secondary N) is 2. The molecule has 0 spiro atoms. The summed E-state index contributed by atoms with van der Waals surface area (Å²) in [6.45, 7) is 8.17. The average Bonchev–Trinajstić information content (AvgIpc) is 3.19. The van der Waals surface area contributed by atoms with E-state index >= 15 is 0 Å². The first kappa shape index (κ1) is 32.4. The molecule has 0 aromatic carbocycles. The van der Waals surface area contributed by atoms with Crippen molar-refractivity contribution in [1.82, 2.24) is 15.5 Å². The maximum Gasteiger partial charge on any atom is 0.276 e. The Labute approximate surface area is 227 Å². The molecular weight excluding hydrogens is 516 g/mol. The molecule has 3 rings (SSSR count). The van der Waals surface area contributed by atoms with Crippen LogP contribution in [0.25, 0.3) is 0 Å². The highest BCUT2D eigenvalue weighted by molar-refractivity contribution is 5.81. The topological polar surface area (TPSA) is 96.4 Å². The molecule has 2 aliphatic carbocycles. The van der Waals surface area contributed by atoms with Gasteiger partial charge >= 0.3 is 0 Å². The predicted octanol–water partition coefficient (Wildman–Crippen LogP) is 6.31. The number of alkyl halides is 4. The Bertz CT molecular complexity index is 1100. The molecule has 1 aromatic rings. The van der Waals surface area contributed by atoms with E-state index < -0.39 is 29.0 Å². The van der Waals surface area contributed by atoms with E-state index in [0.29, 0.717) is 31.2 Å². The molecular formula is C28H40F4N4O3. The van der Waals surface area contributed by atoms with E-state index in [1.54, 1.807) is 13.8 Å². The number of halogens is 4. The van der Waals surface area contributed by atoms with Crippen molar-refractivity contribution in [2.45, 2.75) is 109 Å². The standard InChI is InChI=1S/C19H27F2N3O3.C9H13F2N/c1-19(20,21)16-13-9-10-14(17(13)23-24-18(16)26)22-15(25)11-27-12-7-5-3-2-4-6-8-12;1-5-8(9(4,10)11)6-12-7(2)3/h12,14H,2-11H2,1H3,(H,22,25)(H,24,26);5-6H,2H2,1,3-4H3/b;8-5+,12-6?. The first-order chi connectivity index (χ1) is 18.2. The second kappa shape index (κ2) is 14.5. The van der Waals surface area contributed by atoms with Gasteiger partial charge in [0.1, 0.15) is 6.61 Å². The minimum atomic E-state index is -3.25. The van der Waals surface area contributed by atoms with Crippen molar-refractivity contribution >= 4 is 12.1 Å². The zero-order valence-corrected chi connectivity index (χ0v) is 23.2. The van der Waals surface area contributed by atoms with Gasteiger partial charge in [0.15, 0.2) is 0 Å². The normalized spacial score (nSPS) is 19.1. The van der Waals surface area contributed by atoms with Crippen molar-refractivity contribution in [3.63, 3.8) is 0 Å². The van der Waals surface area contributed by atoms with Crippen LogP contribution in [0.15, 0.2) is 33.7 Å². The summed E-state index contributed by atoms with van der Waals surface area (Å²) in [7, 11) is 0. The fourth-order valence-corrected chi connectivity index (χ4v) is 4.71. The second-order valence-corrected chi connectivity index (χ2v) is 10.2. The Morgan fingerprint density at radius 2 is 1.77 bits per heavy atom. The quantitative estimate of drug-likeness (QED) is 0.290. The number of hydrogen-bond donors (Lipinski definition) is 2. The van der Waals surface area contributed by atoms with Crippen molar-refractivity contribution in [1.29, 1.82) is 0 Å². The van der Waals surface area contributed by atoms with E-state index in [-0.39, 0.29) is 29.8 Å². The van der Waals surface area contributed by atoms with Gasteiger partial charge in [0, 0.05) is 31.3 Å². The van der Waals surface area contributed by atoms with E-state index in [4.69, 9.17) is 4.74 Å². The summed E-state index contributed by atoms with van der Waals surface area (Å²) in [5.74, 6) is -6.36. The molecule has 218 valence electrons. The Morgan fingerprint density at radius 1 is 1.15 bits per heavy atom. The lowest BCUT2D eigenvalue weighted by Gasteiger charge is -2.21. The SMILES string of the molecule is C=C(C)N=C/C(=C\C)C(C)(F)F.CC(F)(F)c1c2c(n[nH]c1=O)C(NC(=O)COC1CCCCCCC1)CC2. The molecule has 7 nitrogen and oxygen atoms in total. The van der Waals surface area contributed by atoms with E-state index in [1.807, 2.05) is 0 Å². The van der Waals surface area contributed by atoms with Crippen LogP contribution in [-0.4, -0.2) is 41.0 Å². The van der Waals surface area contributed by atoms with Crippen molar-refractivity contribution < 1.29 is 27.1 Å². The van der Waals surface area contributed by atoms with Crippen LogP contribution in [0.2, 0.25) is 0 Å². The zero-order chi connectivity index (χ0) is 29.2. The molecule has 0 bridgehead atoms. The predicted molar refractivity (Wildman–Crippen MR) is 143 cm³/mol. The number of aromatic amines is 1. The molecule has 1 amide bonds. The van der Waals surface area contributed by atoms with Crippen LogP contribution in [0.4, 0.5) is 17.6 Å². The summed E-state index contributed by atoms with van der Waals surface area (Å²) in [5, 5.41) is 8.86. The van der Waals surface area contributed by atoms with Crippen LogP contribution in [0.1, 0.15) is 102 Å². The number of amides is 1. The average molecular weight is 557 g/mol. The van der Waals surface area contributed by atoms with Gasteiger partial charge in [-0.1, -0.05) is 44.8 Å². The van der Waals surface area contributed by atoms with Gasteiger partial charge in [-0.3, -0.25) is 14.6 Å². The summed E-state index contributed by atoms with van der Waals surface area (Å²) in [6.07, 6.45) is 11.2. The van der Waals surface area contributed by atoms with E-state index in [9.17, 15) is 27.2 Å². The Hall–Kier alpha value is -2.82. The van der Waals surface area contributed by atoms with Crippen molar-refractivity contribution in [3.05, 3.63) is 51.1 Å². The van der Waals surface area contributed by atoms with Gasteiger partial charge in [0.25, 0.3) is 17.4 Å². The summed E-state index contributed by atoms with van der Waals surface area (Å²) in [6, 6.07) is -0.480. The fraction of sp³-hybridized carbons (Fsp3) is 0.643. The molecule has 1 aromatic heterocycles. The molecule has 0 radical (unpaired) electrons. The van der Waals surface area contributed by atoms with Gasteiger partial charge in [-0.2, -0.15) is 5.10 Å². The lowest BCUT2D eigenvalue weighted by atomic mass is 9.99. The number of carbonyl (C=O) groups excluding carboxylic acids is 1. The molecule has 2 aliphatic rings. The largest absolute Gasteiger partial charge is 0.368 e. The van der Waals surface area contributed by atoms with Gasteiger partial charge in [0.05, 0.1) is 23.4 Å². The third-order valence-electron chi connectivity index (χ3n) is 6.65. The van der Waals surface area contributed by atoms with E-state index in [0.717, 1.165) is 38.8 Å². The number of fused-ring (bicyclic) bond motifs is 1. The molecule has 1 atom stereocenters. The molecule has 1 saturated carbocycles. The highest BCUT2D eigenvalue weighted by Gasteiger charge is 2.37. The van der Waals surface area contributed by atoms with Gasteiger partial charge in [-0.15, -0.1) is 0 Å². The number of ether oxygens (including phenoxy) is 1. The van der Waals surface area contributed by atoms with Crippen LogP contribution in [-0.2, 0) is 21.9 Å². The van der Waals surface area contributed by atoms with Gasteiger partial charge in [-0.05, 0) is 45.1 Å². The van der Waals surface area contributed by atoms with Crippen molar-refractivity contribution in [2.24, 2.45) is 4.99 Å². The number of allylic oxidation sites excluding steroid dienone is 3. The van der Waals surface area contributed by atoms with Crippen molar-refractivity contribution in [2.75, 3.05) is 6.61 Å². The number of aromatic nitrogens is 2. The van der Waals surface area contributed by atoms with Crippen LogP contribution in [0.3, 0.4) is 0 Å². The lowest BCUT2D eigenvalue weighted by molar-refractivity contribution is -0.129. The Morgan fingerprint density at radius 3 is 2.31 bits per heavy atom. The van der Waals surface area contributed by atoms with Crippen molar-refractivity contribution in [3.8, 4) is 0 Å².